The molecule has 2 N–H and O–H groups in total. The van der Waals surface area contributed by atoms with Gasteiger partial charge in [0.25, 0.3) is 0 Å². The molecule has 114 valence electrons. The quantitative estimate of drug-likeness (QED) is 0.787. The molecule has 0 amide bonds. The Bertz CT molecular complexity index is 770. The van der Waals surface area contributed by atoms with Crippen molar-refractivity contribution in [2.45, 2.75) is 13.0 Å². The minimum absolute atomic E-state index is 0.297. The number of aromatic nitrogens is 2. The first-order chi connectivity index (χ1) is 10.7. The average molecular weight is 299 g/mol. The molecule has 0 aliphatic heterocycles. The van der Waals surface area contributed by atoms with Crippen molar-refractivity contribution in [3.05, 3.63) is 60.2 Å². The molecule has 0 unspecified atom stereocenters. The van der Waals surface area contributed by atoms with Gasteiger partial charge in [-0.25, -0.2) is 9.37 Å². The summed E-state index contributed by atoms with van der Waals surface area (Å²) in [6.07, 6.45) is 0. The number of halogens is 1. The van der Waals surface area contributed by atoms with Gasteiger partial charge in [0, 0.05) is 18.4 Å². The Hall–Kier alpha value is -2.24. The zero-order chi connectivity index (χ0) is 15.5. The van der Waals surface area contributed by atoms with Crippen LogP contribution in [0, 0.1) is 5.82 Å². The van der Waals surface area contributed by atoms with E-state index in [9.17, 15) is 4.39 Å². The summed E-state index contributed by atoms with van der Waals surface area (Å²) < 4.78 is 20.9. The fourth-order valence-electron chi connectivity index (χ4n) is 2.48. The second-order valence-corrected chi connectivity index (χ2v) is 5.04. The largest absolute Gasteiger partial charge is 0.380 e. The van der Waals surface area contributed by atoms with E-state index in [-0.39, 0.29) is 11.9 Å². The lowest BCUT2D eigenvalue weighted by Crippen LogP contribution is -2.21. The Morgan fingerprint density at radius 1 is 1.23 bits per heavy atom. The fourth-order valence-corrected chi connectivity index (χ4v) is 2.48. The van der Waals surface area contributed by atoms with E-state index in [0.29, 0.717) is 30.1 Å². The average Bonchev–Trinajstić information content (AvgIpc) is 2.92. The Kier molecular flexibility index (Phi) is 4.18. The maximum atomic E-state index is 13.6. The number of nitrogens with zero attached hydrogens (tertiary/aromatic N) is 2. The van der Waals surface area contributed by atoms with Gasteiger partial charge in [0.1, 0.15) is 11.6 Å². The molecule has 0 spiro atoms. The number of nitrogens with two attached hydrogens (primary N) is 1. The molecule has 4 nitrogen and oxygen atoms in total. The van der Waals surface area contributed by atoms with Gasteiger partial charge in [-0.15, -0.1) is 0 Å². The summed E-state index contributed by atoms with van der Waals surface area (Å²) in [6, 6.07) is 13.9. The zero-order valence-electron chi connectivity index (χ0n) is 12.4. The van der Waals surface area contributed by atoms with Gasteiger partial charge in [0.05, 0.1) is 23.7 Å². The second-order valence-electron chi connectivity index (χ2n) is 5.04. The van der Waals surface area contributed by atoms with Crippen LogP contribution in [-0.4, -0.2) is 22.8 Å². The van der Waals surface area contributed by atoms with Gasteiger partial charge in [-0.05, 0) is 31.2 Å². The maximum Gasteiger partial charge on any atom is 0.133 e. The van der Waals surface area contributed by atoms with Crippen LogP contribution in [0.1, 0.15) is 18.8 Å². The minimum atomic E-state index is -0.379. The number of imidazole rings is 1. The van der Waals surface area contributed by atoms with Crippen LogP contribution in [0.15, 0.2) is 48.5 Å². The molecule has 1 heterocycles. The molecule has 1 aromatic heterocycles. The number of benzene rings is 2. The third-order valence-corrected chi connectivity index (χ3v) is 3.49. The number of ether oxygens (including phenoxy) is 1. The first kappa shape index (κ1) is 14.7. The lowest BCUT2D eigenvalue weighted by atomic mass is 10.2. The topological polar surface area (TPSA) is 53.1 Å². The summed E-state index contributed by atoms with van der Waals surface area (Å²) >= 11 is 0. The third kappa shape index (κ3) is 2.73. The SMILES string of the molecule is CCOC[C@H](N)c1nc2ccc(F)cc2n1-c1ccccc1. The van der Waals surface area contributed by atoms with E-state index in [2.05, 4.69) is 4.98 Å². The molecule has 0 saturated heterocycles. The molecule has 5 heteroatoms. The van der Waals surface area contributed by atoms with Gasteiger partial charge in [-0.2, -0.15) is 0 Å². The summed E-state index contributed by atoms with van der Waals surface area (Å²) in [5, 5.41) is 0. The van der Waals surface area contributed by atoms with Crippen LogP contribution >= 0.6 is 0 Å². The zero-order valence-corrected chi connectivity index (χ0v) is 12.4. The van der Waals surface area contributed by atoms with Crippen molar-refractivity contribution in [1.82, 2.24) is 9.55 Å². The highest BCUT2D eigenvalue weighted by Crippen LogP contribution is 2.25. The third-order valence-electron chi connectivity index (χ3n) is 3.49. The van der Waals surface area contributed by atoms with E-state index in [1.807, 2.05) is 41.8 Å². The molecule has 0 fully saturated rings. The highest BCUT2D eigenvalue weighted by Gasteiger charge is 2.18. The van der Waals surface area contributed by atoms with Crippen molar-refractivity contribution in [3.8, 4) is 5.69 Å². The predicted molar refractivity (Wildman–Crippen MR) is 84.4 cm³/mol. The first-order valence-corrected chi connectivity index (χ1v) is 7.27. The summed E-state index contributed by atoms with van der Waals surface area (Å²) in [5.41, 5.74) is 8.54. The number of hydrogen-bond donors (Lipinski definition) is 1. The molecule has 0 bridgehead atoms. The van der Waals surface area contributed by atoms with E-state index >= 15 is 0 Å². The summed E-state index contributed by atoms with van der Waals surface area (Å²) in [5.74, 6) is 0.370. The van der Waals surface area contributed by atoms with Crippen molar-refractivity contribution < 1.29 is 9.13 Å². The standard InChI is InChI=1S/C17H18FN3O/c1-2-22-11-14(19)17-20-15-9-8-12(18)10-16(15)21(17)13-6-4-3-5-7-13/h3-10,14H,2,11,19H2,1H3/t14-/m0/s1. The van der Waals surface area contributed by atoms with Crippen molar-refractivity contribution in [2.75, 3.05) is 13.2 Å². The van der Waals surface area contributed by atoms with Gasteiger partial charge in [-0.3, -0.25) is 4.57 Å². The van der Waals surface area contributed by atoms with Gasteiger partial charge >= 0.3 is 0 Å². The number of hydrogen-bond acceptors (Lipinski definition) is 3. The minimum Gasteiger partial charge on any atom is -0.380 e. The summed E-state index contributed by atoms with van der Waals surface area (Å²) in [7, 11) is 0. The number of para-hydroxylation sites is 1. The molecule has 2 aromatic carbocycles. The lowest BCUT2D eigenvalue weighted by molar-refractivity contribution is 0.131. The first-order valence-electron chi connectivity index (χ1n) is 7.27. The van der Waals surface area contributed by atoms with Crippen LogP contribution in [0.2, 0.25) is 0 Å². The molecule has 0 aliphatic carbocycles. The van der Waals surface area contributed by atoms with E-state index in [1.165, 1.54) is 12.1 Å². The van der Waals surface area contributed by atoms with Crippen molar-refractivity contribution in [3.63, 3.8) is 0 Å². The highest BCUT2D eigenvalue weighted by atomic mass is 19.1. The van der Waals surface area contributed by atoms with Crippen LogP contribution in [-0.2, 0) is 4.74 Å². The second kappa shape index (κ2) is 6.25. The molecule has 3 aromatic rings. The summed E-state index contributed by atoms with van der Waals surface area (Å²) in [4.78, 5) is 4.57. The monoisotopic (exact) mass is 299 g/mol. The van der Waals surface area contributed by atoms with Crippen molar-refractivity contribution in [1.29, 1.82) is 0 Å². The molecule has 1 atom stereocenters. The Morgan fingerprint density at radius 2 is 2.00 bits per heavy atom. The van der Waals surface area contributed by atoms with Gasteiger partial charge in [0.2, 0.25) is 0 Å². The maximum absolute atomic E-state index is 13.6. The Morgan fingerprint density at radius 3 is 2.73 bits per heavy atom. The normalized spacial score (nSPS) is 12.7. The van der Waals surface area contributed by atoms with E-state index in [1.54, 1.807) is 6.07 Å². The van der Waals surface area contributed by atoms with Crippen molar-refractivity contribution in [2.24, 2.45) is 5.73 Å². The van der Waals surface area contributed by atoms with Crippen LogP contribution < -0.4 is 5.73 Å². The Labute approximate surface area is 128 Å². The van der Waals surface area contributed by atoms with Gasteiger partial charge < -0.3 is 10.5 Å². The van der Waals surface area contributed by atoms with Crippen LogP contribution in [0.5, 0.6) is 0 Å². The molecular weight excluding hydrogens is 281 g/mol. The number of rotatable bonds is 5. The van der Waals surface area contributed by atoms with E-state index < -0.39 is 0 Å². The smallest absolute Gasteiger partial charge is 0.133 e. The summed E-state index contributed by atoms with van der Waals surface area (Å²) in [6.45, 7) is 2.88. The number of fused-ring (bicyclic) bond motifs is 1. The van der Waals surface area contributed by atoms with Crippen LogP contribution in [0.3, 0.4) is 0 Å². The van der Waals surface area contributed by atoms with Gasteiger partial charge in [-0.1, -0.05) is 18.2 Å². The molecule has 0 aliphatic rings. The molecule has 0 radical (unpaired) electrons. The predicted octanol–water partition coefficient (Wildman–Crippen LogP) is 3.20. The van der Waals surface area contributed by atoms with Crippen molar-refractivity contribution >= 4 is 11.0 Å². The highest BCUT2D eigenvalue weighted by molar-refractivity contribution is 5.78. The molecule has 3 rings (SSSR count). The van der Waals surface area contributed by atoms with E-state index in [0.717, 1.165) is 5.69 Å². The van der Waals surface area contributed by atoms with Crippen LogP contribution in [0.25, 0.3) is 16.7 Å². The van der Waals surface area contributed by atoms with E-state index in [4.69, 9.17) is 10.5 Å². The fraction of sp³-hybridized carbons (Fsp3) is 0.235. The Balaban J connectivity index is 2.18. The lowest BCUT2D eigenvalue weighted by Gasteiger charge is -2.14. The van der Waals surface area contributed by atoms with Crippen LogP contribution in [0.4, 0.5) is 4.39 Å². The van der Waals surface area contributed by atoms with Gasteiger partial charge in [0.15, 0.2) is 0 Å². The molecule has 22 heavy (non-hydrogen) atoms. The molecule has 0 saturated carbocycles. The molecular formula is C17H18FN3O.